The first-order chi connectivity index (χ1) is 13.9. The average Bonchev–Trinajstić information content (AvgIpc) is 2.85. The molecule has 0 spiro atoms. The lowest BCUT2D eigenvalue weighted by Gasteiger charge is -2.27. The van der Waals surface area contributed by atoms with E-state index in [0.717, 1.165) is 32.6 Å². The second-order valence-electron chi connectivity index (χ2n) is 7.12. The highest BCUT2D eigenvalue weighted by atomic mass is 127. The summed E-state index contributed by atoms with van der Waals surface area (Å²) in [5, 5.41) is 5.84. The third-order valence-electron chi connectivity index (χ3n) is 5.26. The van der Waals surface area contributed by atoms with Gasteiger partial charge in [-0.3, -0.25) is 9.59 Å². The van der Waals surface area contributed by atoms with Gasteiger partial charge in [-0.25, -0.2) is 0 Å². The van der Waals surface area contributed by atoms with Crippen molar-refractivity contribution < 1.29 is 14.3 Å². The Kier molecular flexibility index (Phi) is 8.93. The molecule has 30 heavy (non-hydrogen) atoms. The second-order valence-corrected chi connectivity index (χ2v) is 8.37. The molecular formula is C22H27ClIN3O3. The summed E-state index contributed by atoms with van der Waals surface area (Å²) in [6.07, 6.45) is 1.29. The molecule has 6 nitrogen and oxygen atoms in total. The van der Waals surface area contributed by atoms with E-state index in [0.29, 0.717) is 13.0 Å². The van der Waals surface area contributed by atoms with Crippen LogP contribution >= 0.6 is 35.0 Å². The van der Waals surface area contributed by atoms with Gasteiger partial charge in [0.2, 0.25) is 11.8 Å². The molecule has 2 unspecified atom stereocenters. The van der Waals surface area contributed by atoms with E-state index in [2.05, 4.69) is 33.2 Å². The van der Waals surface area contributed by atoms with Crippen LogP contribution in [0, 0.1) is 3.57 Å². The first kappa shape index (κ1) is 24.4. The number of nitrogens with one attached hydrogen (secondary N) is 2. The number of carbonyl (C=O) groups excluding carboxylic acids is 2. The van der Waals surface area contributed by atoms with E-state index in [-0.39, 0.29) is 30.3 Å². The molecule has 1 heterocycles. The molecule has 8 heteroatoms. The maximum Gasteiger partial charge on any atom is 0.249 e. The zero-order chi connectivity index (χ0) is 21.0. The molecule has 3 rings (SSSR count). The van der Waals surface area contributed by atoms with Crippen LogP contribution in [0.4, 0.5) is 5.69 Å². The quantitative estimate of drug-likeness (QED) is 0.549. The van der Waals surface area contributed by atoms with E-state index in [1.165, 1.54) is 0 Å². The molecule has 0 saturated carbocycles. The van der Waals surface area contributed by atoms with Crippen LogP contribution in [0.15, 0.2) is 42.5 Å². The fourth-order valence-electron chi connectivity index (χ4n) is 3.48. The van der Waals surface area contributed by atoms with Gasteiger partial charge in [0.05, 0.1) is 19.7 Å². The Morgan fingerprint density at radius 2 is 2.03 bits per heavy atom. The summed E-state index contributed by atoms with van der Waals surface area (Å²) >= 11 is 2.25. The van der Waals surface area contributed by atoms with E-state index < -0.39 is 6.04 Å². The van der Waals surface area contributed by atoms with Crippen molar-refractivity contribution in [1.29, 1.82) is 0 Å². The fourth-order valence-corrected chi connectivity index (χ4v) is 4.04. The monoisotopic (exact) mass is 543 g/mol. The predicted molar refractivity (Wildman–Crippen MR) is 129 cm³/mol. The topological polar surface area (TPSA) is 70.7 Å². The number of methoxy groups -OCH3 is 1. The molecular weight excluding hydrogens is 517 g/mol. The van der Waals surface area contributed by atoms with E-state index in [1.807, 2.05) is 42.5 Å². The number of para-hydroxylation sites is 1. The van der Waals surface area contributed by atoms with Crippen LogP contribution < -0.4 is 20.3 Å². The van der Waals surface area contributed by atoms with Gasteiger partial charge in [0.1, 0.15) is 11.8 Å². The van der Waals surface area contributed by atoms with Crippen molar-refractivity contribution in [3.05, 3.63) is 57.2 Å². The summed E-state index contributed by atoms with van der Waals surface area (Å²) in [5.41, 5.74) is 2.92. The van der Waals surface area contributed by atoms with Crippen LogP contribution in [0.1, 0.15) is 24.5 Å². The number of ether oxygens (including phenoxy) is 1. The largest absolute Gasteiger partial charge is 0.496 e. The minimum Gasteiger partial charge on any atom is -0.496 e. The number of halogens is 2. The number of hydrogen-bond donors (Lipinski definition) is 2. The standard InChI is InChI=1S/C22H26IN3O3.ClH/c1-14(24-2)21(27)25-18-10-8-15-6-4-5-7-19(15)26(22(18)28)13-16-12-17(23)9-11-20(16)29-3;/h4-7,9,11-12,14,18,24H,8,10,13H2,1-3H3,(H,25,27);1H. The number of rotatable bonds is 6. The Balaban J connectivity index is 0.00000320. The number of anilines is 1. The molecule has 2 atom stereocenters. The zero-order valence-electron chi connectivity index (χ0n) is 17.3. The van der Waals surface area contributed by atoms with Gasteiger partial charge in [-0.15, -0.1) is 12.4 Å². The molecule has 2 aromatic rings. The second kappa shape index (κ2) is 11.0. The molecule has 2 N–H and O–H groups in total. The normalized spacial score (nSPS) is 16.7. The van der Waals surface area contributed by atoms with Gasteiger partial charge in [-0.2, -0.15) is 0 Å². The molecule has 0 saturated heterocycles. The van der Waals surface area contributed by atoms with Gasteiger partial charge in [0.25, 0.3) is 0 Å². The van der Waals surface area contributed by atoms with Gasteiger partial charge >= 0.3 is 0 Å². The maximum atomic E-state index is 13.5. The smallest absolute Gasteiger partial charge is 0.249 e. The first-order valence-corrected chi connectivity index (χ1v) is 10.7. The van der Waals surface area contributed by atoms with Crippen LogP contribution in [0.2, 0.25) is 0 Å². The Labute approximate surface area is 197 Å². The number of benzene rings is 2. The lowest BCUT2D eigenvalue weighted by atomic mass is 10.1. The molecule has 0 aliphatic carbocycles. The zero-order valence-corrected chi connectivity index (χ0v) is 20.2. The number of likely N-dealkylation sites (N-methyl/N-ethyl adjacent to an activating group) is 1. The fraction of sp³-hybridized carbons (Fsp3) is 0.364. The first-order valence-electron chi connectivity index (χ1n) is 9.64. The van der Waals surface area contributed by atoms with Gasteiger partial charge in [-0.05, 0) is 79.2 Å². The number of aryl methyl sites for hydroxylation is 1. The van der Waals surface area contributed by atoms with Crippen LogP contribution in [-0.4, -0.2) is 38.1 Å². The van der Waals surface area contributed by atoms with Crippen molar-refractivity contribution >= 4 is 52.5 Å². The lowest BCUT2D eigenvalue weighted by Crippen LogP contribution is -2.52. The molecule has 0 aromatic heterocycles. The molecule has 1 aliphatic heterocycles. The van der Waals surface area contributed by atoms with Crippen molar-refractivity contribution in [3.8, 4) is 5.75 Å². The van der Waals surface area contributed by atoms with E-state index in [9.17, 15) is 9.59 Å². The van der Waals surface area contributed by atoms with Crippen LogP contribution in [0.3, 0.4) is 0 Å². The Morgan fingerprint density at radius 3 is 2.73 bits per heavy atom. The molecule has 162 valence electrons. The van der Waals surface area contributed by atoms with Crippen LogP contribution in [-0.2, 0) is 22.6 Å². The summed E-state index contributed by atoms with van der Waals surface area (Å²) in [6.45, 7) is 2.16. The van der Waals surface area contributed by atoms with Crippen molar-refractivity contribution in [3.63, 3.8) is 0 Å². The lowest BCUT2D eigenvalue weighted by molar-refractivity contribution is -0.128. The molecule has 0 radical (unpaired) electrons. The summed E-state index contributed by atoms with van der Waals surface area (Å²) in [5.74, 6) is 0.459. The van der Waals surface area contributed by atoms with Crippen molar-refractivity contribution in [1.82, 2.24) is 10.6 Å². The summed E-state index contributed by atoms with van der Waals surface area (Å²) in [4.78, 5) is 27.7. The summed E-state index contributed by atoms with van der Waals surface area (Å²) in [6, 6.07) is 12.9. The minimum absolute atomic E-state index is 0. The van der Waals surface area contributed by atoms with Crippen molar-refractivity contribution in [2.75, 3.05) is 19.1 Å². The third kappa shape index (κ3) is 5.44. The van der Waals surface area contributed by atoms with E-state index >= 15 is 0 Å². The highest BCUT2D eigenvalue weighted by Gasteiger charge is 2.32. The summed E-state index contributed by atoms with van der Waals surface area (Å²) in [7, 11) is 3.36. The summed E-state index contributed by atoms with van der Waals surface area (Å²) < 4.78 is 6.59. The van der Waals surface area contributed by atoms with Crippen molar-refractivity contribution in [2.24, 2.45) is 0 Å². The number of carbonyl (C=O) groups is 2. The minimum atomic E-state index is -0.570. The molecule has 1 aliphatic rings. The number of amides is 2. The van der Waals surface area contributed by atoms with E-state index in [1.54, 1.807) is 26.0 Å². The van der Waals surface area contributed by atoms with Gasteiger partial charge in [0.15, 0.2) is 0 Å². The number of hydrogen-bond acceptors (Lipinski definition) is 4. The van der Waals surface area contributed by atoms with Gasteiger partial charge in [-0.1, -0.05) is 18.2 Å². The highest BCUT2D eigenvalue weighted by Crippen LogP contribution is 2.31. The van der Waals surface area contributed by atoms with Crippen LogP contribution in [0.25, 0.3) is 0 Å². The third-order valence-corrected chi connectivity index (χ3v) is 5.93. The predicted octanol–water partition coefficient (Wildman–Crippen LogP) is 3.29. The molecule has 2 aromatic carbocycles. The number of nitrogens with zero attached hydrogens (tertiary/aromatic N) is 1. The van der Waals surface area contributed by atoms with Gasteiger partial charge in [0, 0.05) is 14.8 Å². The average molecular weight is 544 g/mol. The molecule has 0 fully saturated rings. The Morgan fingerprint density at radius 1 is 1.30 bits per heavy atom. The molecule has 2 amide bonds. The highest BCUT2D eigenvalue weighted by molar-refractivity contribution is 14.1. The van der Waals surface area contributed by atoms with Crippen LogP contribution in [0.5, 0.6) is 5.75 Å². The van der Waals surface area contributed by atoms with Gasteiger partial charge < -0.3 is 20.3 Å². The maximum absolute atomic E-state index is 13.5. The SMILES string of the molecule is CNC(C)C(=O)NC1CCc2ccccc2N(Cc2cc(I)ccc2OC)C1=O.Cl. The number of fused-ring (bicyclic) bond motifs is 1. The Bertz CT molecular complexity index is 909. The Hall–Kier alpha value is -1.84. The van der Waals surface area contributed by atoms with Crippen molar-refractivity contribution in [2.45, 2.75) is 38.4 Å². The molecule has 0 bridgehead atoms. The van der Waals surface area contributed by atoms with E-state index in [4.69, 9.17) is 4.74 Å².